The highest BCUT2D eigenvalue weighted by Gasteiger charge is 2.38. The summed E-state index contributed by atoms with van der Waals surface area (Å²) in [5.41, 5.74) is 2.65. The van der Waals surface area contributed by atoms with Gasteiger partial charge in [0.05, 0.1) is 12.3 Å². The van der Waals surface area contributed by atoms with Gasteiger partial charge in [-0.2, -0.15) is 5.10 Å². The van der Waals surface area contributed by atoms with Crippen LogP contribution < -0.4 is 14.8 Å². The molecule has 0 aliphatic carbocycles. The first-order valence-corrected chi connectivity index (χ1v) is 11.6. The maximum absolute atomic E-state index is 13.5. The molecule has 0 radical (unpaired) electrons. The number of hydrogen-bond acceptors (Lipinski definition) is 4. The number of hydrazone groups is 1. The van der Waals surface area contributed by atoms with Gasteiger partial charge in [0, 0.05) is 30.5 Å². The summed E-state index contributed by atoms with van der Waals surface area (Å²) in [6.07, 6.45) is 1.39. The van der Waals surface area contributed by atoms with Gasteiger partial charge < -0.3 is 14.8 Å². The molecule has 2 amide bonds. The minimum atomic E-state index is -0.684. The van der Waals surface area contributed by atoms with E-state index in [-0.39, 0.29) is 24.1 Å². The van der Waals surface area contributed by atoms with E-state index < -0.39 is 11.8 Å². The molecule has 0 bridgehead atoms. The number of fused-ring (bicyclic) bond motifs is 1. The number of rotatable bonds is 5. The van der Waals surface area contributed by atoms with E-state index in [4.69, 9.17) is 9.47 Å². The third kappa shape index (κ3) is 4.43. The number of halogens is 2. The van der Waals surface area contributed by atoms with Gasteiger partial charge >= 0.3 is 6.03 Å². The molecule has 0 saturated carbocycles. The Morgan fingerprint density at radius 3 is 2.26 bits per heavy atom. The Kier molecular flexibility index (Phi) is 5.88. The molecule has 2 aliphatic heterocycles. The number of urea groups is 1. The van der Waals surface area contributed by atoms with Crippen LogP contribution in [0, 0.1) is 11.6 Å². The summed E-state index contributed by atoms with van der Waals surface area (Å²) in [7, 11) is 0. The molecule has 8 heteroatoms. The minimum absolute atomic E-state index is 0.253. The molecule has 3 aromatic rings. The van der Waals surface area contributed by atoms with E-state index in [1.165, 1.54) is 29.3 Å². The Morgan fingerprint density at radius 2 is 1.60 bits per heavy atom. The Labute approximate surface area is 202 Å². The van der Waals surface area contributed by atoms with Crippen LogP contribution in [0.25, 0.3) is 0 Å². The molecule has 2 heterocycles. The summed E-state index contributed by atoms with van der Waals surface area (Å²) in [5, 5.41) is 8.75. The lowest BCUT2D eigenvalue weighted by Gasteiger charge is -2.24. The zero-order valence-corrected chi connectivity index (χ0v) is 19.4. The van der Waals surface area contributed by atoms with Crippen molar-refractivity contribution in [3.63, 3.8) is 0 Å². The predicted octanol–water partition coefficient (Wildman–Crippen LogP) is 6.29. The predicted molar refractivity (Wildman–Crippen MR) is 129 cm³/mol. The fraction of sp³-hybridized carbons (Fsp3) is 0.259. The number of hydrogen-bond donors (Lipinski definition) is 1. The smallest absolute Gasteiger partial charge is 0.342 e. The zero-order chi connectivity index (χ0) is 24.6. The SMILES string of the molecule is CCC1(CC)Oc2ccc(NC(=O)N3CC(c4ccc(F)cc4)C(c4ccc(F)cc4)=N3)cc2O1. The van der Waals surface area contributed by atoms with Crippen LogP contribution in [0.4, 0.5) is 19.3 Å². The largest absolute Gasteiger partial charge is 0.448 e. The quantitative estimate of drug-likeness (QED) is 0.470. The number of ether oxygens (including phenoxy) is 2. The van der Waals surface area contributed by atoms with Crippen LogP contribution in [-0.2, 0) is 0 Å². The summed E-state index contributed by atoms with van der Waals surface area (Å²) >= 11 is 0. The number of carbonyl (C=O) groups excluding carboxylic acids is 1. The van der Waals surface area contributed by atoms with Gasteiger partial charge in [0.25, 0.3) is 5.79 Å². The van der Waals surface area contributed by atoms with Crippen molar-refractivity contribution in [2.75, 3.05) is 11.9 Å². The number of carbonyl (C=O) groups is 1. The van der Waals surface area contributed by atoms with E-state index in [1.807, 2.05) is 13.8 Å². The van der Waals surface area contributed by atoms with Crippen LogP contribution >= 0.6 is 0 Å². The van der Waals surface area contributed by atoms with Crippen LogP contribution in [0.2, 0.25) is 0 Å². The Balaban J connectivity index is 1.38. The highest BCUT2D eigenvalue weighted by atomic mass is 19.1. The number of nitrogens with one attached hydrogen (secondary N) is 1. The van der Waals surface area contributed by atoms with Crippen molar-refractivity contribution in [2.45, 2.75) is 38.4 Å². The molecule has 1 unspecified atom stereocenters. The molecule has 0 aromatic heterocycles. The van der Waals surface area contributed by atoms with Crippen molar-refractivity contribution < 1.29 is 23.0 Å². The maximum Gasteiger partial charge on any atom is 0.342 e. The summed E-state index contributed by atoms with van der Waals surface area (Å²) in [5.74, 6) is -0.471. The van der Waals surface area contributed by atoms with Gasteiger partial charge in [-0.3, -0.25) is 0 Å². The van der Waals surface area contributed by atoms with Gasteiger partial charge in [-0.1, -0.05) is 38.1 Å². The van der Waals surface area contributed by atoms with Gasteiger partial charge in [0.15, 0.2) is 11.5 Å². The first kappa shape index (κ1) is 22.8. The normalized spacial score (nSPS) is 17.9. The Bertz CT molecular complexity index is 1270. The van der Waals surface area contributed by atoms with Crippen molar-refractivity contribution in [2.24, 2.45) is 5.10 Å². The standard InChI is InChI=1S/C27H25F2N3O3/c1-3-27(4-2)34-23-14-13-21(15-24(23)35-27)30-26(33)32-16-22(17-5-9-19(28)10-6-17)25(31-32)18-7-11-20(29)12-8-18/h5-15,22H,3-4,16H2,1-2H3,(H,30,33). The van der Waals surface area contributed by atoms with Gasteiger partial charge in [0.2, 0.25) is 0 Å². The molecule has 0 spiro atoms. The molecule has 35 heavy (non-hydrogen) atoms. The third-order valence-corrected chi connectivity index (χ3v) is 6.43. The van der Waals surface area contributed by atoms with Crippen molar-refractivity contribution in [3.8, 4) is 11.5 Å². The second-order valence-corrected chi connectivity index (χ2v) is 8.59. The van der Waals surface area contributed by atoms with Gasteiger partial charge in [0.1, 0.15) is 11.6 Å². The first-order valence-electron chi connectivity index (χ1n) is 11.6. The van der Waals surface area contributed by atoms with Crippen molar-refractivity contribution in [1.82, 2.24) is 5.01 Å². The number of anilines is 1. The Morgan fingerprint density at radius 1 is 0.971 bits per heavy atom. The molecule has 0 fully saturated rings. The topological polar surface area (TPSA) is 63.2 Å². The summed E-state index contributed by atoms with van der Waals surface area (Å²) in [6.45, 7) is 4.25. The summed E-state index contributed by atoms with van der Waals surface area (Å²) in [6, 6.07) is 16.9. The number of benzene rings is 3. The molecule has 0 saturated heterocycles. The average molecular weight is 478 g/mol. The molecule has 1 N–H and O–H groups in total. The molecule has 3 aromatic carbocycles. The van der Waals surface area contributed by atoms with Crippen LogP contribution in [0.15, 0.2) is 71.8 Å². The van der Waals surface area contributed by atoms with Crippen molar-refractivity contribution in [1.29, 1.82) is 0 Å². The van der Waals surface area contributed by atoms with Crippen molar-refractivity contribution in [3.05, 3.63) is 89.5 Å². The molecule has 6 nitrogen and oxygen atoms in total. The third-order valence-electron chi connectivity index (χ3n) is 6.43. The molecule has 180 valence electrons. The van der Waals surface area contributed by atoms with Crippen LogP contribution in [-0.4, -0.2) is 29.1 Å². The second kappa shape index (κ2) is 9.02. The highest BCUT2D eigenvalue weighted by Crippen LogP contribution is 2.43. The monoisotopic (exact) mass is 477 g/mol. The fourth-order valence-electron chi connectivity index (χ4n) is 4.36. The maximum atomic E-state index is 13.5. The van der Waals surface area contributed by atoms with Crippen molar-refractivity contribution >= 4 is 17.4 Å². The van der Waals surface area contributed by atoms with E-state index in [2.05, 4.69) is 10.4 Å². The first-order chi connectivity index (χ1) is 16.9. The lowest BCUT2D eigenvalue weighted by molar-refractivity contribution is -0.0843. The van der Waals surface area contributed by atoms with Gasteiger partial charge in [-0.15, -0.1) is 0 Å². The lowest BCUT2D eigenvalue weighted by atomic mass is 9.90. The average Bonchev–Trinajstić information content (AvgIpc) is 3.47. The number of nitrogens with zero attached hydrogens (tertiary/aromatic N) is 2. The van der Waals surface area contributed by atoms with Gasteiger partial charge in [-0.05, 0) is 47.5 Å². The molecular formula is C27H25F2N3O3. The van der Waals surface area contributed by atoms with Crippen LogP contribution in [0.1, 0.15) is 43.7 Å². The Hall–Kier alpha value is -3.94. The number of amides is 2. The summed E-state index contributed by atoms with van der Waals surface area (Å²) in [4.78, 5) is 13.1. The van der Waals surface area contributed by atoms with E-state index in [9.17, 15) is 13.6 Å². The van der Waals surface area contributed by atoms with E-state index in [0.717, 1.165) is 5.56 Å². The van der Waals surface area contributed by atoms with E-state index in [0.29, 0.717) is 41.3 Å². The van der Waals surface area contributed by atoms with Gasteiger partial charge in [-0.25, -0.2) is 18.6 Å². The molecule has 1 atom stereocenters. The van der Waals surface area contributed by atoms with Crippen LogP contribution in [0.5, 0.6) is 11.5 Å². The van der Waals surface area contributed by atoms with E-state index >= 15 is 0 Å². The molecule has 5 rings (SSSR count). The molecule has 2 aliphatic rings. The zero-order valence-electron chi connectivity index (χ0n) is 19.4. The fourth-order valence-corrected chi connectivity index (χ4v) is 4.36. The lowest BCUT2D eigenvalue weighted by Crippen LogP contribution is -2.36. The molecular weight excluding hydrogens is 452 g/mol. The summed E-state index contributed by atoms with van der Waals surface area (Å²) < 4.78 is 39.0. The minimum Gasteiger partial charge on any atom is -0.448 e. The van der Waals surface area contributed by atoms with E-state index in [1.54, 1.807) is 42.5 Å². The highest BCUT2D eigenvalue weighted by molar-refractivity contribution is 6.07. The van der Waals surface area contributed by atoms with Crippen LogP contribution in [0.3, 0.4) is 0 Å². The second-order valence-electron chi connectivity index (χ2n) is 8.59.